The molecule has 2 unspecified atom stereocenters. The third kappa shape index (κ3) is 4.40. The van der Waals surface area contributed by atoms with Crippen LogP contribution in [0.1, 0.15) is 30.3 Å². The van der Waals surface area contributed by atoms with Crippen LogP contribution in [0, 0.1) is 5.82 Å². The lowest BCUT2D eigenvalue weighted by molar-refractivity contribution is 0.515. The lowest BCUT2D eigenvalue weighted by Gasteiger charge is -2.16. The summed E-state index contributed by atoms with van der Waals surface area (Å²) in [5.41, 5.74) is 1.16. The van der Waals surface area contributed by atoms with E-state index in [1.54, 1.807) is 11.3 Å². The molecule has 0 bridgehead atoms. The van der Waals surface area contributed by atoms with Crippen LogP contribution in [0.4, 0.5) is 4.39 Å². The van der Waals surface area contributed by atoms with Crippen LogP contribution in [0.2, 0.25) is 0 Å². The number of nitrogens with one attached hydrogen (secondary N) is 1. The SMILES string of the molecule is CC(Cc1ccc(F)cc1)NCC(C)c1nccs1. The van der Waals surface area contributed by atoms with Gasteiger partial charge in [0.25, 0.3) is 0 Å². The van der Waals surface area contributed by atoms with Crippen molar-refractivity contribution in [1.29, 1.82) is 0 Å². The van der Waals surface area contributed by atoms with Gasteiger partial charge in [-0.15, -0.1) is 11.3 Å². The number of hydrogen-bond donors (Lipinski definition) is 1. The maximum absolute atomic E-state index is 12.8. The van der Waals surface area contributed by atoms with Crippen molar-refractivity contribution >= 4 is 11.3 Å². The van der Waals surface area contributed by atoms with Gasteiger partial charge in [0.2, 0.25) is 0 Å². The highest BCUT2D eigenvalue weighted by atomic mass is 32.1. The van der Waals surface area contributed by atoms with E-state index in [2.05, 4.69) is 24.1 Å². The molecule has 0 saturated carbocycles. The van der Waals surface area contributed by atoms with E-state index in [1.165, 1.54) is 17.1 Å². The Morgan fingerprint density at radius 2 is 2.00 bits per heavy atom. The Kier molecular flexibility index (Phi) is 5.05. The maximum atomic E-state index is 12.8. The summed E-state index contributed by atoms with van der Waals surface area (Å²) >= 11 is 1.70. The fraction of sp³-hybridized carbons (Fsp3) is 0.400. The number of rotatable bonds is 6. The monoisotopic (exact) mass is 278 g/mol. The van der Waals surface area contributed by atoms with Gasteiger partial charge in [0.1, 0.15) is 5.82 Å². The Balaban J connectivity index is 1.78. The van der Waals surface area contributed by atoms with Gasteiger partial charge in [0.15, 0.2) is 0 Å². The fourth-order valence-corrected chi connectivity index (χ4v) is 2.69. The fourth-order valence-electron chi connectivity index (χ4n) is 1.99. The quantitative estimate of drug-likeness (QED) is 0.873. The van der Waals surface area contributed by atoms with Gasteiger partial charge in [-0.1, -0.05) is 19.1 Å². The molecule has 0 aliphatic carbocycles. The highest BCUT2D eigenvalue weighted by Crippen LogP contribution is 2.16. The van der Waals surface area contributed by atoms with Gasteiger partial charge >= 0.3 is 0 Å². The predicted octanol–water partition coefficient (Wildman–Crippen LogP) is 3.61. The summed E-state index contributed by atoms with van der Waals surface area (Å²) < 4.78 is 12.8. The van der Waals surface area contributed by atoms with Crippen molar-refractivity contribution in [3.05, 3.63) is 52.2 Å². The van der Waals surface area contributed by atoms with Gasteiger partial charge in [-0.3, -0.25) is 0 Å². The molecule has 19 heavy (non-hydrogen) atoms. The van der Waals surface area contributed by atoms with E-state index in [4.69, 9.17) is 0 Å². The smallest absolute Gasteiger partial charge is 0.123 e. The van der Waals surface area contributed by atoms with Gasteiger partial charge in [0, 0.05) is 30.1 Å². The van der Waals surface area contributed by atoms with Crippen LogP contribution in [0.15, 0.2) is 35.8 Å². The molecule has 1 aromatic heterocycles. The zero-order valence-electron chi connectivity index (χ0n) is 11.3. The molecule has 0 saturated heterocycles. The second-order valence-electron chi connectivity index (χ2n) is 4.91. The van der Waals surface area contributed by atoms with Gasteiger partial charge in [-0.2, -0.15) is 0 Å². The van der Waals surface area contributed by atoms with Crippen molar-refractivity contribution in [3.8, 4) is 0 Å². The molecular weight excluding hydrogens is 259 g/mol. The van der Waals surface area contributed by atoms with E-state index < -0.39 is 0 Å². The van der Waals surface area contributed by atoms with Gasteiger partial charge in [-0.05, 0) is 31.0 Å². The maximum Gasteiger partial charge on any atom is 0.123 e. The molecule has 0 radical (unpaired) electrons. The van der Waals surface area contributed by atoms with Crippen LogP contribution >= 0.6 is 11.3 Å². The van der Waals surface area contributed by atoms with Crippen LogP contribution in [0.25, 0.3) is 0 Å². The zero-order chi connectivity index (χ0) is 13.7. The standard InChI is InChI=1S/C15H19FN2S/c1-11(15-17-7-8-19-15)10-18-12(2)9-13-3-5-14(16)6-4-13/h3-8,11-12,18H,9-10H2,1-2H3. The molecule has 2 nitrogen and oxygen atoms in total. The van der Waals surface area contributed by atoms with E-state index >= 15 is 0 Å². The Morgan fingerprint density at radius 1 is 1.26 bits per heavy atom. The number of halogens is 1. The highest BCUT2D eigenvalue weighted by Gasteiger charge is 2.10. The van der Waals surface area contributed by atoms with E-state index in [0.717, 1.165) is 18.5 Å². The first-order valence-electron chi connectivity index (χ1n) is 6.52. The van der Waals surface area contributed by atoms with Crippen molar-refractivity contribution in [1.82, 2.24) is 10.3 Å². The Labute approximate surface area is 117 Å². The second-order valence-corrected chi connectivity index (χ2v) is 5.84. The normalized spacial score (nSPS) is 14.3. The molecule has 4 heteroatoms. The van der Waals surface area contributed by atoms with Crippen LogP contribution in [-0.4, -0.2) is 17.6 Å². The summed E-state index contributed by atoms with van der Waals surface area (Å²) in [4.78, 5) is 4.32. The van der Waals surface area contributed by atoms with Crippen LogP contribution in [0.3, 0.4) is 0 Å². The molecular formula is C15H19FN2S. The van der Waals surface area contributed by atoms with E-state index in [-0.39, 0.29) is 5.82 Å². The highest BCUT2D eigenvalue weighted by molar-refractivity contribution is 7.09. The topological polar surface area (TPSA) is 24.9 Å². The molecule has 2 atom stereocenters. The molecule has 0 aliphatic heterocycles. The Bertz CT molecular complexity index is 481. The molecule has 0 fully saturated rings. The van der Waals surface area contributed by atoms with Crippen molar-refractivity contribution < 1.29 is 4.39 Å². The minimum absolute atomic E-state index is 0.179. The van der Waals surface area contributed by atoms with Crippen LogP contribution in [-0.2, 0) is 6.42 Å². The zero-order valence-corrected chi connectivity index (χ0v) is 12.1. The third-order valence-electron chi connectivity index (χ3n) is 3.10. The minimum Gasteiger partial charge on any atom is -0.313 e. The Hall–Kier alpha value is -1.26. The third-order valence-corrected chi connectivity index (χ3v) is 4.11. The molecule has 0 spiro atoms. The van der Waals surface area contributed by atoms with E-state index in [0.29, 0.717) is 12.0 Å². The Morgan fingerprint density at radius 3 is 2.63 bits per heavy atom. The predicted molar refractivity (Wildman–Crippen MR) is 78.1 cm³/mol. The number of thiazole rings is 1. The first kappa shape index (κ1) is 14.2. The van der Waals surface area contributed by atoms with Crippen molar-refractivity contribution in [3.63, 3.8) is 0 Å². The lowest BCUT2D eigenvalue weighted by atomic mass is 10.1. The summed E-state index contributed by atoms with van der Waals surface area (Å²) in [7, 11) is 0. The number of aromatic nitrogens is 1. The summed E-state index contributed by atoms with van der Waals surface area (Å²) in [6, 6.07) is 7.09. The van der Waals surface area contributed by atoms with Crippen LogP contribution in [0.5, 0.6) is 0 Å². The minimum atomic E-state index is -0.179. The average molecular weight is 278 g/mol. The first-order chi connectivity index (χ1) is 9.15. The molecule has 1 N–H and O–H groups in total. The summed E-state index contributed by atoms with van der Waals surface area (Å²) in [6.45, 7) is 5.24. The molecule has 0 aliphatic rings. The van der Waals surface area contributed by atoms with Crippen LogP contribution < -0.4 is 5.32 Å². The summed E-state index contributed by atoms with van der Waals surface area (Å²) in [5, 5.41) is 6.68. The molecule has 0 amide bonds. The van der Waals surface area contributed by atoms with Gasteiger partial charge in [0.05, 0.1) is 5.01 Å². The van der Waals surface area contributed by atoms with Crippen molar-refractivity contribution in [2.45, 2.75) is 32.2 Å². The summed E-state index contributed by atoms with van der Waals surface area (Å²) in [6.07, 6.45) is 2.75. The largest absolute Gasteiger partial charge is 0.313 e. The van der Waals surface area contributed by atoms with Gasteiger partial charge < -0.3 is 5.32 Å². The second kappa shape index (κ2) is 6.78. The number of nitrogens with zero attached hydrogens (tertiary/aromatic N) is 1. The average Bonchev–Trinajstić information content (AvgIpc) is 2.93. The van der Waals surface area contributed by atoms with E-state index in [1.807, 2.05) is 23.7 Å². The van der Waals surface area contributed by atoms with Gasteiger partial charge in [-0.25, -0.2) is 9.37 Å². The number of hydrogen-bond acceptors (Lipinski definition) is 3. The van der Waals surface area contributed by atoms with E-state index in [9.17, 15) is 4.39 Å². The lowest BCUT2D eigenvalue weighted by Crippen LogP contribution is -2.31. The molecule has 2 aromatic rings. The molecule has 1 heterocycles. The van der Waals surface area contributed by atoms with Crippen molar-refractivity contribution in [2.75, 3.05) is 6.54 Å². The molecule has 2 rings (SSSR count). The number of benzene rings is 1. The first-order valence-corrected chi connectivity index (χ1v) is 7.40. The van der Waals surface area contributed by atoms with Crippen molar-refractivity contribution in [2.24, 2.45) is 0 Å². The molecule has 102 valence electrons. The summed E-state index contributed by atoms with van der Waals surface area (Å²) in [5.74, 6) is 0.248. The molecule has 1 aromatic carbocycles.